The van der Waals surface area contributed by atoms with Crippen LogP contribution in [0.3, 0.4) is 0 Å². The van der Waals surface area contributed by atoms with Gasteiger partial charge in [0.05, 0.1) is 5.56 Å². The number of amides is 1. The summed E-state index contributed by atoms with van der Waals surface area (Å²) in [6.45, 7) is 2.21. The number of hydrogen-bond donors (Lipinski definition) is 4. The summed E-state index contributed by atoms with van der Waals surface area (Å²) in [6, 6.07) is 11.6. The van der Waals surface area contributed by atoms with E-state index in [0.717, 1.165) is 29.5 Å². The van der Waals surface area contributed by atoms with Gasteiger partial charge in [-0.1, -0.05) is 69.4 Å². The average molecular weight is 574 g/mol. The number of hydrogen-bond acceptors (Lipinski definition) is 7. The summed E-state index contributed by atoms with van der Waals surface area (Å²) in [5.41, 5.74) is 6.62. The summed E-state index contributed by atoms with van der Waals surface area (Å²) in [7, 11) is 1.22. The fourth-order valence-corrected chi connectivity index (χ4v) is 7.23. The molecule has 0 bridgehead atoms. The lowest BCUT2D eigenvalue weighted by Crippen LogP contribution is -2.59. The van der Waals surface area contributed by atoms with Crippen LogP contribution in [0.25, 0.3) is 16.9 Å². The first-order valence-corrected chi connectivity index (χ1v) is 14.9. The fourth-order valence-electron chi connectivity index (χ4n) is 7.23. The number of carbonyl (C=O) groups excluding carboxylic acids is 3. The second kappa shape index (κ2) is 11.8. The molecular formula is C34H39NO7. The number of ketones is 2. The predicted molar refractivity (Wildman–Crippen MR) is 159 cm³/mol. The number of aromatic hydroxyl groups is 1. The summed E-state index contributed by atoms with van der Waals surface area (Å²) in [4.78, 5) is 38.8. The Morgan fingerprint density at radius 2 is 1.76 bits per heavy atom. The van der Waals surface area contributed by atoms with Crippen molar-refractivity contribution in [1.82, 2.24) is 0 Å². The Balaban J connectivity index is 1.53. The normalized spacial score (nSPS) is 23.5. The number of Topliss-reactive ketones (excluding diaryl/α,β-unsaturated/α-hetero) is 2. The van der Waals surface area contributed by atoms with E-state index in [1.54, 1.807) is 0 Å². The maximum Gasteiger partial charge on any atom is 0.255 e. The molecule has 8 nitrogen and oxygen atoms in total. The van der Waals surface area contributed by atoms with Gasteiger partial charge in [0, 0.05) is 25.0 Å². The lowest BCUT2D eigenvalue weighted by molar-refractivity contribution is -0.153. The van der Waals surface area contributed by atoms with Crippen LogP contribution in [0.5, 0.6) is 5.75 Å². The van der Waals surface area contributed by atoms with E-state index in [2.05, 4.69) is 19.1 Å². The van der Waals surface area contributed by atoms with E-state index in [1.165, 1.54) is 50.8 Å². The highest BCUT2D eigenvalue weighted by Crippen LogP contribution is 2.54. The van der Waals surface area contributed by atoms with Crippen LogP contribution in [0.1, 0.15) is 75.0 Å². The van der Waals surface area contributed by atoms with E-state index in [-0.39, 0.29) is 35.5 Å². The number of phenols is 1. The summed E-state index contributed by atoms with van der Waals surface area (Å²) in [5.74, 6) is -5.12. The number of nitrogens with two attached hydrogens (primary N) is 1. The van der Waals surface area contributed by atoms with Gasteiger partial charge in [-0.3, -0.25) is 14.4 Å². The van der Waals surface area contributed by atoms with Crippen molar-refractivity contribution >= 4 is 23.2 Å². The number of carbonyl (C=O) groups is 3. The van der Waals surface area contributed by atoms with Gasteiger partial charge < -0.3 is 25.8 Å². The molecule has 3 aliphatic carbocycles. The zero-order chi connectivity index (χ0) is 30.2. The number of benzene rings is 2. The van der Waals surface area contributed by atoms with Gasteiger partial charge >= 0.3 is 0 Å². The average Bonchev–Trinajstić information content (AvgIpc) is 2.95. The van der Waals surface area contributed by atoms with E-state index >= 15 is 0 Å². The topological polar surface area (TPSA) is 147 Å². The highest BCUT2D eigenvalue weighted by atomic mass is 16.5. The Bertz CT molecular complexity index is 1500. The van der Waals surface area contributed by atoms with Crippen LogP contribution in [-0.4, -0.2) is 45.5 Å². The number of phenolic OH excluding ortho intramolecular Hbond substituents is 1. The van der Waals surface area contributed by atoms with Crippen molar-refractivity contribution in [1.29, 1.82) is 0 Å². The van der Waals surface area contributed by atoms with Crippen molar-refractivity contribution in [3.8, 4) is 16.9 Å². The number of aliphatic hydroxyl groups is 2. The van der Waals surface area contributed by atoms with Crippen molar-refractivity contribution in [3.63, 3.8) is 0 Å². The maximum absolute atomic E-state index is 14.1. The number of unbranched alkanes of at least 4 members (excludes halogenated alkanes) is 5. The number of ether oxygens (including phenoxy) is 1. The first kappa shape index (κ1) is 29.6. The van der Waals surface area contributed by atoms with Crippen LogP contribution < -0.4 is 5.73 Å². The molecule has 0 spiro atoms. The summed E-state index contributed by atoms with van der Waals surface area (Å²) < 4.78 is 5.59. The van der Waals surface area contributed by atoms with Crippen LogP contribution >= 0.6 is 0 Å². The molecule has 0 aromatic heterocycles. The second-order valence-electron chi connectivity index (χ2n) is 11.8. The Kier molecular flexibility index (Phi) is 8.28. The predicted octanol–water partition coefficient (Wildman–Crippen LogP) is 5.65. The zero-order valence-corrected chi connectivity index (χ0v) is 24.2. The molecule has 0 saturated heterocycles. The molecule has 8 heteroatoms. The monoisotopic (exact) mass is 573 g/mol. The van der Waals surface area contributed by atoms with Gasteiger partial charge in [0.2, 0.25) is 5.78 Å². The Morgan fingerprint density at radius 1 is 1.02 bits per heavy atom. The second-order valence-corrected chi connectivity index (χ2v) is 11.8. The van der Waals surface area contributed by atoms with Gasteiger partial charge in [-0.2, -0.15) is 0 Å². The molecule has 3 atom stereocenters. The largest absolute Gasteiger partial charge is 0.508 e. The SMILES string of the molecule is CCCCCCCCc1cccc(-c2ccc(O)c3c2C[C@H]2C[C@H]4CC(=O)C(C(N)=O)=C(O)[C@@]4(OC)C(=O)C2=C3O)c1. The third-order valence-electron chi connectivity index (χ3n) is 9.29. The van der Waals surface area contributed by atoms with Crippen LogP contribution in [0, 0.1) is 11.8 Å². The quantitative estimate of drug-likeness (QED) is 0.212. The fraction of sp³-hybridized carbons (Fsp3) is 0.441. The molecule has 2 aromatic rings. The molecule has 1 fully saturated rings. The molecule has 2 aromatic carbocycles. The van der Waals surface area contributed by atoms with Gasteiger partial charge in [0.15, 0.2) is 11.4 Å². The highest BCUT2D eigenvalue weighted by molar-refractivity contribution is 6.22. The first-order valence-electron chi connectivity index (χ1n) is 14.9. The Hall–Kier alpha value is -3.91. The Labute approximate surface area is 245 Å². The van der Waals surface area contributed by atoms with Gasteiger partial charge in [0.25, 0.3) is 5.91 Å². The lowest BCUT2D eigenvalue weighted by Gasteiger charge is -2.48. The first-order chi connectivity index (χ1) is 20.1. The molecule has 42 heavy (non-hydrogen) atoms. The molecule has 5 rings (SSSR count). The number of methoxy groups -OCH3 is 1. The van der Waals surface area contributed by atoms with Crippen molar-refractivity contribution < 1.29 is 34.4 Å². The minimum atomic E-state index is -2.02. The summed E-state index contributed by atoms with van der Waals surface area (Å²) in [5, 5.41) is 33.5. The van der Waals surface area contributed by atoms with Crippen molar-refractivity contribution in [2.75, 3.05) is 7.11 Å². The number of fused-ring (bicyclic) bond motifs is 3. The van der Waals surface area contributed by atoms with Crippen molar-refractivity contribution in [3.05, 3.63) is 70.0 Å². The maximum atomic E-state index is 14.1. The minimum Gasteiger partial charge on any atom is -0.508 e. The number of aliphatic hydroxyl groups excluding tert-OH is 2. The molecule has 0 radical (unpaired) electrons. The third kappa shape index (κ3) is 4.81. The highest BCUT2D eigenvalue weighted by Gasteiger charge is 2.61. The Morgan fingerprint density at radius 3 is 2.48 bits per heavy atom. The van der Waals surface area contributed by atoms with Gasteiger partial charge in [-0.25, -0.2) is 0 Å². The molecule has 3 aliphatic rings. The van der Waals surface area contributed by atoms with Crippen LogP contribution in [-0.2, 0) is 32.0 Å². The third-order valence-corrected chi connectivity index (χ3v) is 9.29. The van der Waals surface area contributed by atoms with Crippen molar-refractivity contribution in [2.24, 2.45) is 17.6 Å². The lowest BCUT2D eigenvalue weighted by atomic mass is 9.59. The van der Waals surface area contributed by atoms with E-state index in [4.69, 9.17) is 10.5 Å². The minimum absolute atomic E-state index is 0.00888. The van der Waals surface area contributed by atoms with E-state index in [1.807, 2.05) is 18.2 Å². The number of aryl methyl sites for hydroxylation is 1. The van der Waals surface area contributed by atoms with Gasteiger partial charge in [-0.15, -0.1) is 0 Å². The molecule has 0 unspecified atom stereocenters. The smallest absolute Gasteiger partial charge is 0.255 e. The standard InChI is InChI=1S/C34H39NO7/c1-3-4-5-6-7-8-10-19-11-9-12-20(15-19)23-13-14-25(36)28-24(23)17-21-16-22-18-26(37)29(33(35)41)32(40)34(22,42-2)31(39)27(21)30(28)38/h9,11-15,21-22,36,38,40H,3-8,10,16-18H2,1-2H3,(H2,35,41)/t21-,22+,34+/m1/s1. The van der Waals surface area contributed by atoms with E-state index in [9.17, 15) is 29.7 Å². The molecule has 1 saturated carbocycles. The molecular weight excluding hydrogens is 534 g/mol. The molecule has 5 N–H and O–H groups in total. The van der Waals surface area contributed by atoms with E-state index < -0.39 is 46.2 Å². The van der Waals surface area contributed by atoms with Crippen molar-refractivity contribution in [2.45, 2.75) is 76.7 Å². The van der Waals surface area contributed by atoms with Crippen LogP contribution in [0.4, 0.5) is 0 Å². The zero-order valence-electron chi connectivity index (χ0n) is 24.2. The number of rotatable bonds is 10. The molecule has 0 heterocycles. The van der Waals surface area contributed by atoms with Gasteiger partial charge in [0.1, 0.15) is 22.8 Å². The summed E-state index contributed by atoms with van der Waals surface area (Å²) in [6.07, 6.45) is 8.64. The molecule has 0 aliphatic heterocycles. The van der Waals surface area contributed by atoms with E-state index in [0.29, 0.717) is 6.42 Å². The molecule has 222 valence electrons. The number of primary amides is 1. The van der Waals surface area contributed by atoms with Crippen LogP contribution in [0.15, 0.2) is 53.3 Å². The van der Waals surface area contributed by atoms with Crippen LogP contribution in [0.2, 0.25) is 0 Å². The molecule has 1 amide bonds. The van der Waals surface area contributed by atoms with Gasteiger partial charge in [-0.05, 0) is 59.9 Å². The summed E-state index contributed by atoms with van der Waals surface area (Å²) >= 11 is 0.